The topological polar surface area (TPSA) is 61.4 Å². The monoisotopic (exact) mass is 425 g/mol. The highest BCUT2D eigenvalue weighted by Gasteiger charge is 2.19. The van der Waals surface area contributed by atoms with E-state index in [0.717, 1.165) is 32.7 Å². The zero-order valence-electron chi connectivity index (χ0n) is 10.7. The molecule has 1 aromatic heterocycles. The Kier molecular flexibility index (Phi) is 9.86. The molecule has 1 aliphatic rings. The molecule has 0 spiro atoms. The van der Waals surface area contributed by atoms with Gasteiger partial charge in [0.2, 0.25) is 0 Å². The smallest absolute Gasteiger partial charge is 0.251 e. The summed E-state index contributed by atoms with van der Waals surface area (Å²) >= 11 is 4.46. The van der Waals surface area contributed by atoms with Crippen molar-refractivity contribution in [3.8, 4) is 0 Å². The van der Waals surface area contributed by atoms with Crippen molar-refractivity contribution in [1.29, 1.82) is 0 Å². The number of hydrogen-bond acceptors (Lipinski definition) is 5. The van der Waals surface area contributed by atoms with E-state index in [2.05, 4.69) is 30.9 Å². The number of thiophene rings is 1. The fraction of sp³-hybridized carbons (Fsp3) is 0.600. The van der Waals surface area contributed by atoms with E-state index in [1.807, 2.05) is 0 Å². The molecule has 0 radical (unpaired) electrons. The summed E-state index contributed by atoms with van der Waals surface area (Å²) in [4.78, 5) is 2.25. The molecule has 1 aliphatic heterocycles. The summed E-state index contributed by atoms with van der Waals surface area (Å²) in [6, 6.07) is 1.75. The van der Waals surface area contributed by atoms with Gasteiger partial charge in [-0.15, -0.1) is 36.2 Å². The quantitative estimate of drug-likeness (QED) is 0.749. The van der Waals surface area contributed by atoms with Crippen molar-refractivity contribution in [2.45, 2.75) is 4.21 Å². The fourth-order valence-electron chi connectivity index (χ4n) is 1.81. The van der Waals surface area contributed by atoms with Gasteiger partial charge in [0.1, 0.15) is 4.21 Å². The van der Waals surface area contributed by atoms with Crippen LogP contribution in [0.1, 0.15) is 0 Å². The largest absolute Gasteiger partial charge is 0.314 e. The standard InChI is InChI=1S/C10H16BrN3O2S2.2ClH/c11-9-1-8-17-10(9)18(15,16)13-4-7-14-5-2-12-3-6-14;;/h1,8,12-13H,2-7H2;2*1H. The summed E-state index contributed by atoms with van der Waals surface area (Å²) in [7, 11) is -3.37. The molecule has 1 saturated heterocycles. The minimum atomic E-state index is -3.37. The van der Waals surface area contributed by atoms with E-state index in [1.54, 1.807) is 11.4 Å². The van der Waals surface area contributed by atoms with Gasteiger partial charge in [-0.25, -0.2) is 13.1 Å². The van der Waals surface area contributed by atoms with Crippen LogP contribution in [0.3, 0.4) is 0 Å². The molecule has 1 fully saturated rings. The number of sulfonamides is 1. The first-order valence-electron chi connectivity index (χ1n) is 5.75. The molecule has 0 amide bonds. The Hall–Kier alpha value is 0.590. The summed E-state index contributed by atoms with van der Waals surface area (Å²) in [5.41, 5.74) is 0. The van der Waals surface area contributed by atoms with Crippen molar-refractivity contribution in [3.63, 3.8) is 0 Å². The molecule has 0 unspecified atom stereocenters. The molecule has 20 heavy (non-hydrogen) atoms. The number of halogens is 3. The van der Waals surface area contributed by atoms with Crippen LogP contribution in [0.5, 0.6) is 0 Å². The molecular formula is C10H18BrCl2N3O2S2. The van der Waals surface area contributed by atoms with Crippen LogP contribution in [0.2, 0.25) is 0 Å². The summed E-state index contributed by atoms with van der Waals surface area (Å²) < 4.78 is 27.6. The molecular weight excluding hydrogens is 409 g/mol. The van der Waals surface area contributed by atoms with Gasteiger partial charge in [-0.2, -0.15) is 0 Å². The van der Waals surface area contributed by atoms with Gasteiger partial charge in [0.15, 0.2) is 0 Å². The number of piperazine rings is 1. The highest BCUT2D eigenvalue weighted by Crippen LogP contribution is 2.27. The Morgan fingerprint density at radius 1 is 1.35 bits per heavy atom. The Morgan fingerprint density at radius 2 is 2.00 bits per heavy atom. The van der Waals surface area contributed by atoms with Gasteiger partial charge in [0.25, 0.3) is 10.0 Å². The van der Waals surface area contributed by atoms with E-state index < -0.39 is 10.0 Å². The summed E-state index contributed by atoms with van der Waals surface area (Å²) in [6.07, 6.45) is 0. The number of nitrogens with one attached hydrogen (secondary N) is 2. The average Bonchev–Trinajstić information content (AvgIpc) is 2.77. The van der Waals surface area contributed by atoms with Gasteiger partial charge in [0, 0.05) is 43.7 Å². The first-order chi connectivity index (χ1) is 8.59. The van der Waals surface area contributed by atoms with E-state index in [9.17, 15) is 8.42 Å². The SMILES string of the molecule is Cl.Cl.O=S(=O)(NCCN1CCNCC1)c1sccc1Br. The van der Waals surface area contributed by atoms with E-state index in [1.165, 1.54) is 11.3 Å². The van der Waals surface area contributed by atoms with Crippen molar-refractivity contribution in [1.82, 2.24) is 14.9 Å². The molecule has 10 heteroatoms. The van der Waals surface area contributed by atoms with Crippen molar-refractivity contribution >= 4 is 62.1 Å². The first kappa shape index (κ1) is 20.6. The van der Waals surface area contributed by atoms with Gasteiger partial charge in [0.05, 0.1) is 0 Å². The van der Waals surface area contributed by atoms with Crippen LogP contribution in [0.15, 0.2) is 20.1 Å². The summed E-state index contributed by atoms with van der Waals surface area (Å²) in [5, 5.41) is 5.03. The van der Waals surface area contributed by atoms with Gasteiger partial charge in [-0.1, -0.05) is 0 Å². The Balaban J connectivity index is 0.00000180. The summed E-state index contributed by atoms with van der Waals surface area (Å²) in [6.45, 7) is 5.11. The van der Waals surface area contributed by atoms with E-state index >= 15 is 0 Å². The van der Waals surface area contributed by atoms with Crippen LogP contribution >= 0.6 is 52.1 Å². The molecule has 1 aromatic rings. The van der Waals surface area contributed by atoms with Crippen molar-refractivity contribution in [3.05, 3.63) is 15.9 Å². The molecule has 0 aromatic carbocycles. The van der Waals surface area contributed by atoms with Gasteiger partial charge in [-0.05, 0) is 27.4 Å². The normalized spacial score (nSPS) is 16.2. The van der Waals surface area contributed by atoms with Crippen LogP contribution in [0.4, 0.5) is 0 Å². The van der Waals surface area contributed by atoms with Crippen molar-refractivity contribution in [2.24, 2.45) is 0 Å². The second-order valence-electron chi connectivity index (χ2n) is 4.05. The molecule has 2 N–H and O–H groups in total. The van der Waals surface area contributed by atoms with Crippen molar-refractivity contribution in [2.75, 3.05) is 39.3 Å². The Bertz CT molecular complexity index is 492. The van der Waals surface area contributed by atoms with Crippen LogP contribution in [0.25, 0.3) is 0 Å². The van der Waals surface area contributed by atoms with E-state index in [0.29, 0.717) is 15.2 Å². The number of hydrogen-bond donors (Lipinski definition) is 2. The highest BCUT2D eigenvalue weighted by atomic mass is 79.9. The van der Waals surface area contributed by atoms with Crippen LogP contribution in [-0.4, -0.2) is 52.6 Å². The fourth-order valence-corrected chi connectivity index (χ4v) is 5.21. The third-order valence-corrected chi connectivity index (χ3v) is 6.89. The van der Waals surface area contributed by atoms with Gasteiger partial charge >= 0.3 is 0 Å². The predicted octanol–water partition coefficient (Wildman–Crippen LogP) is 1.54. The molecule has 0 atom stereocenters. The average molecular weight is 427 g/mol. The zero-order valence-corrected chi connectivity index (χ0v) is 15.5. The van der Waals surface area contributed by atoms with Crippen LogP contribution < -0.4 is 10.0 Å². The molecule has 0 aliphatic carbocycles. The maximum absolute atomic E-state index is 12.0. The maximum Gasteiger partial charge on any atom is 0.251 e. The molecule has 5 nitrogen and oxygen atoms in total. The third kappa shape index (κ3) is 5.76. The van der Waals surface area contributed by atoms with E-state index in [4.69, 9.17) is 0 Å². The minimum Gasteiger partial charge on any atom is -0.314 e. The van der Waals surface area contributed by atoms with Crippen LogP contribution in [0, 0.1) is 0 Å². The minimum absolute atomic E-state index is 0. The number of rotatable bonds is 5. The molecule has 0 bridgehead atoms. The lowest BCUT2D eigenvalue weighted by Gasteiger charge is -2.26. The second kappa shape index (κ2) is 9.58. The predicted molar refractivity (Wildman–Crippen MR) is 91.0 cm³/mol. The zero-order chi connectivity index (χ0) is 13.0. The lowest BCUT2D eigenvalue weighted by Crippen LogP contribution is -2.46. The van der Waals surface area contributed by atoms with E-state index in [-0.39, 0.29) is 24.8 Å². The molecule has 2 heterocycles. The lowest BCUT2D eigenvalue weighted by atomic mass is 10.3. The molecule has 118 valence electrons. The van der Waals surface area contributed by atoms with Crippen molar-refractivity contribution < 1.29 is 8.42 Å². The third-order valence-electron chi connectivity index (χ3n) is 2.76. The number of nitrogens with zero attached hydrogens (tertiary/aromatic N) is 1. The molecule has 0 saturated carbocycles. The summed E-state index contributed by atoms with van der Waals surface area (Å²) in [5.74, 6) is 0. The maximum atomic E-state index is 12.0. The first-order valence-corrected chi connectivity index (χ1v) is 8.91. The van der Waals surface area contributed by atoms with Gasteiger partial charge in [-0.3, -0.25) is 4.90 Å². The Labute approximate surface area is 144 Å². The highest BCUT2D eigenvalue weighted by molar-refractivity contribution is 9.10. The van der Waals surface area contributed by atoms with Crippen LogP contribution in [-0.2, 0) is 10.0 Å². The second-order valence-corrected chi connectivity index (χ2v) is 7.78. The Morgan fingerprint density at radius 3 is 2.55 bits per heavy atom. The van der Waals surface area contributed by atoms with Gasteiger partial charge < -0.3 is 5.32 Å². The molecule has 2 rings (SSSR count). The lowest BCUT2D eigenvalue weighted by molar-refractivity contribution is 0.245.